The van der Waals surface area contributed by atoms with Gasteiger partial charge in [-0.05, 0) is 82.9 Å². The summed E-state index contributed by atoms with van der Waals surface area (Å²) in [5, 5.41) is 0. The third kappa shape index (κ3) is 15.5. The van der Waals surface area contributed by atoms with Gasteiger partial charge in [0.25, 0.3) is 5.91 Å². The number of nitrogens with one attached hydrogen (secondary N) is 3. The molecule has 3 N–H and O–H groups in total. The van der Waals surface area contributed by atoms with Gasteiger partial charge in [-0.15, -0.1) is 0 Å². The maximum atomic E-state index is 12.9. The van der Waals surface area contributed by atoms with E-state index in [1.165, 1.54) is 5.56 Å². The first-order valence-corrected chi connectivity index (χ1v) is 30.8. The number of hydrogen-bond donors (Lipinski definition) is 3. The van der Waals surface area contributed by atoms with Crippen LogP contribution in [0, 0.1) is 0 Å². The monoisotopic (exact) mass is 1170 g/mol. The van der Waals surface area contributed by atoms with Gasteiger partial charge in [0.1, 0.15) is 34.6 Å². The molecule has 0 unspecified atom stereocenters. The second-order valence-corrected chi connectivity index (χ2v) is 18.2. The number of benzene rings is 4. The lowest BCUT2D eigenvalue weighted by Crippen LogP contribution is -2.23. The van der Waals surface area contributed by atoms with Gasteiger partial charge < -0.3 is 19.9 Å². The first-order valence-electron chi connectivity index (χ1n) is 30.8. The van der Waals surface area contributed by atoms with E-state index in [2.05, 4.69) is 96.8 Å². The Morgan fingerprint density at radius 2 is 0.830 bits per heavy atom. The second kappa shape index (κ2) is 33.3. The fourth-order valence-electron chi connectivity index (χ4n) is 9.70. The van der Waals surface area contributed by atoms with Crippen LogP contribution in [0.4, 0.5) is 0 Å². The normalized spacial score (nSPS) is 10.8. The third-order valence-electron chi connectivity index (χ3n) is 13.2. The molecule has 10 aromatic heterocycles. The maximum Gasteiger partial charge on any atom is 0.254 e. The number of nitrogens with zero attached hydrogens (tertiary/aromatic N) is 12. The smallest absolute Gasteiger partial charge is 0.254 e. The molecule has 16 heteroatoms. The van der Waals surface area contributed by atoms with Crippen molar-refractivity contribution in [3.05, 3.63) is 247 Å². The summed E-state index contributed by atoms with van der Waals surface area (Å²) in [6.45, 7) is 25.0. The Bertz CT molecular complexity index is 4060. The number of imidazole rings is 5. The molecule has 14 aromatic rings. The summed E-state index contributed by atoms with van der Waals surface area (Å²) in [5.74, 6) is 3.40. The summed E-state index contributed by atoms with van der Waals surface area (Å²) < 4.78 is 4.15. The van der Waals surface area contributed by atoms with E-state index >= 15 is 0 Å². The number of hydrogen-bond acceptors (Lipinski definition) is 10. The van der Waals surface area contributed by atoms with Crippen LogP contribution in [0.5, 0.6) is 0 Å². The van der Waals surface area contributed by atoms with Crippen LogP contribution in [0.3, 0.4) is 0 Å². The Kier molecular flexibility index (Phi) is 24.6. The van der Waals surface area contributed by atoms with Crippen molar-refractivity contribution in [2.24, 2.45) is 0 Å². The highest BCUT2D eigenvalue weighted by Crippen LogP contribution is 2.33. The molecule has 0 saturated carbocycles. The van der Waals surface area contributed by atoms with Crippen molar-refractivity contribution in [2.75, 3.05) is 0 Å². The molecule has 0 aliphatic carbocycles. The van der Waals surface area contributed by atoms with Crippen molar-refractivity contribution in [1.82, 2.24) is 73.5 Å². The summed E-state index contributed by atoms with van der Waals surface area (Å²) in [6.07, 6.45) is 12.4. The van der Waals surface area contributed by atoms with E-state index in [9.17, 15) is 4.79 Å². The van der Waals surface area contributed by atoms with E-state index < -0.39 is 0 Å². The Morgan fingerprint density at radius 1 is 0.386 bits per heavy atom. The molecule has 88 heavy (non-hydrogen) atoms. The molecule has 450 valence electrons. The van der Waals surface area contributed by atoms with Crippen molar-refractivity contribution in [1.29, 1.82) is 0 Å². The van der Waals surface area contributed by atoms with Gasteiger partial charge in [-0.1, -0.05) is 192 Å². The van der Waals surface area contributed by atoms with Gasteiger partial charge in [0.2, 0.25) is 0 Å². The molecule has 0 bridgehead atoms. The number of fused-ring (bicyclic) bond motifs is 6. The molecule has 0 atom stereocenters. The summed E-state index contributed by atoms with van der Waals surface area (Å²) in [5.41, 5.74) is 16.1. The molecular weight excluding hydrogens is 1090 g/mol. The number of aromatic nitrogens is 14. The minimum absolute atomic E-state index is 0.0474. The molecule has 1 amide bonds. The van der Waals surface area contributed by atoms with Gasteiger partial charge >= 0.3 is 0 Å². The van der Waals surface area contributed by atoms with E-state index in [-0.39, 0.29) is 5.91 Å². The molecule has 0 fully saturated rings. The first-order chi connectivity index (χ1) is 43.5. The van der Waals surface area contributed by atoms with Crippen LogP contribution < -0.4 is 0 Å². The van der Waals surface area contributed by atoms with Crippen LogP contribution in [0.25, 0.3) is 78.6 Å². The molecule has 4 aromatic carbocycles. The standard InChI is InChI=1S/C21H16N4O.C20H15N5.C19H14N6.6C2H6/c26-21-16-9-4-8-15(14-6-2-1-3-7-14)17(16)12-25(21)13-19-23-18-10-5-11-22-20(18)24-19;1-2-6-14(7-3-1)17-9-4-10-19-22-15(13-25(17)19)12-18-23-16-8-5-11-21-20(16)24-18;1-2-5-13(6-3-1)19-21-10-8-17-22-14(12-25(17)19)11-16-23-15-7-4-9-20-18(15)24-16;6*1-2/h1-11H,12-13H2,(H,22,23,24);1-11,13H,12H2,(H,21,23,24);1-10,12H,11H2,(H,20,23,24);6*1-2H3. The number of amides is 1. The predicted molar refractivity (Wildman–Crippen MR) is 360 cm³/mol. The Balaban J connectivity index is 0.000000173. The highest BCUT2D eigenvalue weighted by atomic mass is 16.2. The summed E-state index contributed by atoms with van der Waals surface area (Å²) in [6, 6.07) is 56.2. The van der Waals surface area contributed by atoms with Crippen LogP contribution in [-0.2, 0) is 25.9 Å². The zero-order valence-corrected chi connectivity index (χ0v) is 52.7. The zero-order chi connectivity index (χ0) is 62.8. The van der Waals surface area contributed by atoms with Crippen molar-refractivity contribution >= 4 is 50.7 Å². The Hall–Kier alpha value is -10.5. The lowest BCUT2D eigenvalue weighted by Gasteiger charge is -2.13. The minimum Gasteiger partial charge on any atom is -0.340 e. The average Bonchev–Trinajstić information content (AvgIpc) is 2.82. The summed E-state index contributed by atoms with van der Waals surface area (Å²) in [7, 11) is 0. The highest BCUT2D eigenvalue weighted by molar-refractivity contribution is 6.00. The van der Waals surface area contributed by atoms with E-state index in [4.69, 9.17) is 9.97 Å². The number of aromatic amines is 3. The molecule has 1 aliphatic heterocycles. The van der Waals surface area contributed by atoms with Crippen LogP contribution in [0.1, 0.15) is 128 Å². The number of pyridine rings is 4. The quantitative estimate of drug-likeness (QED) is 0.125. The number of H-pyrrole nitrogens is 3. The second-order valence-electron chi connectivity index (χ2n) is 18.2. The molecule has 16 nitrogen and oxygen atoms in total. The maximum absolute atomic E-state index is 12.9. The van der Waals surface area contributed by atoms with Crippen molar-refractivity contribution < 1.29 is 4.79 Å². The van der Waals surface area contributed by atoms with Crippen LogP contribution in [0.2, 0.25) is 0 Å². The Morgan fingerprint density at radius 3 is 1.35 bits per heavy atom. The van der Waals surface area contributed by atoms with E-state index in [1.54, 1.807) is 24.8 Å². The highest BCUT2D eigenvalue weighted by Gasteiger charge is 2.30. The van der Waals surface area contributed by atoms with Gasteiger partial charge in [0.05, 0.1) is 40.2 Å². The fourth-order valence-corrected chi connectivity index (χ4v) is 9.70. The molecule has 0 spiro atoms. The lowest BCUT2D eigenvalue weighted by atomic mass is 9.97. The van der Waals surface area contributed by atoms with Crippen molar-refractivity contribution in [3.8, 4) is 33.8 Å². The molecule has 15 rings (SSSR count). The number of rotatable bonds is 9. The minimum atomic E-state index is 0.0474. The summed E-state index contributed by atoms with van der Waals surface area (Å²) >= 11 is 0. The zero-order valence-electron chi connectivity index (χ0n) is 52.7. The van der Waals surface area contributed by atoms with Crippen molar-refractivity contribution in [3.63, 3.8) is 0 Å². The topological polar surface area (TPSA) is 193 Å². The van der Waals surface area contributed by atoms with E-state index in [0.717, 1.165) is 107 Å². The number of carbonyl (C=O) groups excluding carboxylic acids is 1. The largest absolute Gasteiger partial charge is 0.340 e. The van der Waals surface area contributed by atoms with Gasteiger partial charge in [-0.3, -0.25) is 13.6 Å². The van der Waals surface area contributed by atoms with Gasteiger partial charge in [-0.25, -0.2) is 44.9 Å². The predicted octanol–water partition coefficient (Wildman–Crippen LogP) is 17.1. The van der Waals surface area contributed by atoms with Gasteiger partial charge in [0, 0.05) is 67.7 Å². The van der Waals surface area contributed by atoms with Crippen LogP contribution >= 0.6 is 0 Å². The van der Waals surface area contributed by atoms with Gasteiger partial charge in [0.15, 0.2) is 16.9 Å². The average molecular weight is 1170 g/mol. The first kappa shape index (κ1) is 65.1. The van der Waals surface area contributed by atoms with Gasteiger partial charge in [-0.2, -0.15) is 0 Å². The van der Waals surface area contributed by atoms with Crippen LogP contribution in [0.15, 0.2) is 207 Å². The lowest BCUT2D eigenvalue weighted by molar-refractivity contribution is 0.0763. The van der Waals surface area contributed by atoms with Crippen molar-refractivity contribution in [2.45, 2.75) is 109 Å². The fraction of sp³-hybridized carbons (Fsp3) is 0.222. The SMILES string of the molecule is CC.CC.CC.CC.CC.CC.O=C1c2cccc(-c3ccccc3)c2CN1Cc1nc2ncccc2[nH]1.c1ccc(-c2cccc3nc(Cc4nc5ncccc5[nH]4)cn23)cc1.c1ccc(-c2nccc3nc(Cc4nc5ncccc5[nH]4)cn23)cc1. The molecule has 0 saturated heterocycles. The number of carbonyl (C=O) groups is 1. The molecule has 11 heterocycles. The summed E-state index contributed by atoms with van der Waals surface area (Å²) in [4.78, 5) is 64.9. The molecular formula is C72H81N15O. The van der Waals surface area contributed by atoms with E-state index in [0.29, 0.717) is 31.6 Å². The Labute approximate surface area is 516 Å². The molecule has 0 radical (unpaired) electrons. The van der Waals surface area contributed by atoms with Crippen LogP contribution in [-0.4, -0.2) is 79.4 Å². The molecule has 1 aliphatic rings. The van der Waals surface area contributed by atoms with E-state index in [1.807, 2.05) is 232 Å². The third-order valence-corrected chi connectivity index (χ3v) is 13.2.